The molecule has 1 N–H and O–H groups in total. The maximum atomic E-state index is 13.8. The van der Waals surface area contributed by atoms with Crippen molar-refractivity contribution in [3.05, 3.63) is 41.6 Å². The summed E-state index contributed by atoms with van der Waals surface area (Å²) in [6, 6.07) is 10.5. The summed E-state index contributed by atoms with van der Waals surface area (Å²) in [7, 11) is 0. The van der Waals surface area contributed by atoms with Gasteiger partial charge in [0.15, 0.2) is 0 Å². The van der Waals surface area contributed by atoms with Gasteiger partial charge >= 0.3 is 0 Å². The molecule has 5 rings (SSSR count). The van der Waals surface area contributed by atoms with Gasteiger partial charge in [0.1, 0.15) is 11.2 Å². The molecule has 2 amide bonds. The van der Waals surface area contributed by atoms with Gasteiger partial charge in [0.2, 0.25) is 5.91 Å². The van der Waals surface area contributed by atoms with Crippen LogP contribution in [0.25, 0.3) is 11.3 Å². The van der Waals surface area contributed by atoms with Crippen molar-refractivity contribution >= 4 is 11.8 Å². The lowest BCUT2D eigenvalue weighted by molar-refractivity contribution is -0.134. The standard InChI is InChI=1S/C28H39N5O2/c1-3-21-11-13-22(14-12-21)24-19-25-26(34)32(18-17-31-15-7-8-16-31)28(2,20-33(25)30-24)27(35)29-23-9-5-4-6-10-23/h11-14,19,23H,3-10,15-18,20H2,1-2H3,(H,29,35)/t28-/m1/s1. The van der Waals surface area contributed by atoms with Gasteiger partial charge in [0.25, 0.3) is 5.91 Å². The highest BCUT2D eigenvalue weighted by atomic mass is 16.2. The number of hydrogen-bond acceptors (Lipinski definition) is 4. The predicted octanol–water partition coefficient (Wildman–Crippen LogP) is 3.87. The quantitative estimate of drug-likeness (QED) is 0.657. The van der Waals surface area contributed by atoms with Crippen molar-refractivity contribution in [3.8, 4) is 11.3 Å². The van der Waals surface area contributed by atoms with Gasteiger partial charge < -0.3 is 15.1 Å². The van der Waals surface area contributed by atoms with Crippen molar-refractivity contribution in [2.24, 2.45) is 0 Å². The molecule has 1 saturated heterocycles. The van der Waals surface area contributed by atoms with E-state index in [4.69, 9.17) is 5.10 Å². The van der Waals surface area contributed by atoms with Crippen molar-refractivity contribution < 1.29 is 9.59 Å². The van der Waals surface area contributed by atoms with Crippen molar-refractivity contribution in [1.29, 1.82) is 0 Å². The van der Waals surface area contributed by atoms with E-state index in [2.05, 4.69) is 41.4 Å². The molecule has 2 aromatic rings. The zero-order valence-corrected chi connectivity index (χ0v) is 21.3. The summed E-state index contributed by atoms with van der Waals surface area (Å²) in [5.41, 5.74) is 2.66. The summed E-state index contributed by atoms with van der Waals surface area (Å²) in [6.07, 6.45) is 9.00. The number of aryl methyl sites for hydroxylation is 1. The molecular formula is C28H39N5O2. The molecule has 1 atom stereocenters. The summed E-state index contributed by atoms with van der Waals surface area (Å²) < 4.78 is 1.76. The predicted molar refractivity (Wildman–Crippen MR) is 137 cm³/mol. The van der Waals surface area contributed by atoms with E-state index in [-0.39, 0.29) is 17.9 Å². The van der Waals surface area contributed by atoms with Gasteiger partial charge in [-0.3, -0.25) is 14.3 Å². The van der Waals surface area contributed by atoms with Crippen molar-refractivity contribution in [2.45, 2.75) is 83.3 Å². The number of benzene rings is 1. The first kappa shape index (κ1) is 24.0. The number of rotatable bonds is 7. The summed E-state index contributed by atoms with van der Waals surface area (Å²) in [5.74, 6) is -0.144. The first-order chi connectivity index (χ1) is 17.0. The molecular weight excluding hydrogens is 438 g/mol. The number of hydrogen-bond donors (Lipinski definition) is 1. The molecule has 188 valence electrons. The molecule has 0 bridgehead atoms. The van der Waals surface area contributed by atoms with Crippen LogP contribution < -0.4 is 5.32 Å². The second kappa shape index (κ2) is 10.1. The number of nitrogens with zero attached hydrogens (tertiary/aromatic N) is 4. The zero-order chi connectivity index (χ0) is 24.4. The fourth-order valence-electron chi connectivity index (χ4n) is 5.88. The number of carbonyl (C=O) groups excluding carboxylic acids is 2. The van der Waals surface area contributed by atoms with Gasteiger partial charge in [-0.2, -0.15) is 5.10 Å². The molecule has 0 radical (unpaired) electrons. The molecule has 1 aromatic heterocycles. The lowest BCUT2D eigenvalue weighted by Gasteiger charge is -2.44. The second-order valence-corrected chi connectivity index (χ2v) is 10.7. The number of amides is 2. The molecule has 0 spiro atoms. The lowest BCUT2D eigenvalue weighted by Crippen LogP contribution is -2.66. The number of carbonyl (C=O) groups is 2. The molecule has 3 aliphatic rings. The highest BCUT2D eigenvalue weighted by Crippen LogP contribution is 2.31. The summed E-state index contributed by atoms with van der Waals surface area (Å²) in [5, 5.41) is 8.10. The fourth-order valence-corrected chi connectivity index (χ4v) is 5.88. The number of likely N-dealkylation sites (tertiary alicyclic amines) is 1. The van der Waals surface area contributed by atoms with Gasteiger partial charge in [-0.1, -0.05) is 50.5 Å². The lowest BCUT2D eigenvalue weighted by atomic mass is 9.91. The van der Waals surface area contributed by atoms with Crippen LogP contribution in [0.4, 0.5) is 0 Å². The summed E-state index contributed by atoms with van der Waals surface area (Å²) >= 11 is 0. The second-order valence-electron chi connectivity index (χ2n) is 10.7. The SMILES string of the molecule is CCc1ccc(-c2cc3n(n2)C[C@](C)(C(=O)NC2CCCCC2)N(CCN2CCCC2)C3=O)cc1. The van der Waals surface area contributed by atoms with E-state index in [1.165, 1.54) is 24.8 Å². The molecule has 1 saturated carbocycles. The summed E-state index contributed by atoms with van der Waals surface area (Å²) in [4.78, 5) is 31.8. The Morgan fingerprint density at radius 2 is 1.77 bits per heavy atom. The monoisotopic (exact) mass is 477 g/mol. The molecule has 1 aromatic carbocycles. The minimum absolute atomic E-state index is 0.0471. The van der Waals surface area contributed by atoms with Crippen molar-refractivity contribution in [2.75, 3.05) is 26.2 Å². The van der Waals surface area contributed by atoms with Crippen LogP contribution in [0.5, 0.6) is 0 Å². The molecule has 0 unspecified atom stereocenters. The van der Waals surface area contributed by atoms with E-state index in [0.717, 1.165) is 63.0 Å². The Morgan fingerprint density at radius 3 is 2.46 bits per heavy atom. The number of nitrogens with one attached hydrogen (secondary N) is 1. The van der Waals surface area contributed by atoms with Crippen LogP contribution in [0.2, 0.25) is 0 Å². The van der Waals surface area contributed by atoms with Gasteiger partial charge in [-0.25, -0.2) is 0 Å². The minimum Gasteiger partial charge on any atom is -0.351 e. The van der Waals surface area contributed by atoms with Crippen LogP contribution in [0.3, 0.4) is 0 Å². The average Bonchev–Trinajstić information content (AvgIpc) is 3.55. The van der Waals surface area contributed by atoms with Gasteiger partial charge in [0, 0.05) is 24.7 Å². The first-order valence-corrected chi connectivity index (χ1v) is 13.5. The van der Waals surface area contributed by atoms with Crippen LogP contribution >= 0.6 is 0 Å². The van der Waals surface area contributed by atoms with Gasteiger partial charge in [0.05, 0.1) is 12.2 Å². The molecule has 7 nitrogen and oxygen atoms in total. The van der Waals surface area contributed by atoms with E-state index in [0.29, 0.717) is 18.8 Å². The average molecular weight is 478 g/mol. The number of fused-ring (bicyclic) bond motifs is 1. The van der Waals surface area contributed by atoms with Crippen LogP contribution in [-0.2, 0) is 17.8 Å². The highest BCUT2D eigenvalue weighted by molar-refractivity contribution is 6.00. The zero-order valence-electron chi connectivity index (χ0n) is 21.3. The molecule has 35 heavy (non-hydrogen) atoms. The van der Waals surface area contributed by atoms with E-state index in [1.807, 2.05) is 17.9 Å². The van der Waals surface area contributed by atoms with Crippen LogP contribution in [-0.4, -0.2) is 69.2 Å². The first-order valence-electron chi connectivity index (χ1n) is 13.5. The maximum Gasteiger partial charge on any atom is 0.273 e. The van der Waals surface area contributed by atoms with Crippen LogP contribution in [0.15, 0.2) is 30.3 Å². The van der Waals surface area contributed by atoms with E-state index in [9.17, 15) is 9.59 Å². The van der Waals surface area contributed by atoms with Gasteiger partial charge in [-0.15, -0.1) is 0 Å². The third kappa shape index (κ3) is 4.88. The fraction of sp³-hybridized carbons (Fsp3) is 0.607. The largest absolute Gasteiger partial charge is 0.351 e. The Balaban J connectivity index is 1.43. The Kier molecular flexibility index (Phi) is 6.96. The normalized spacial score (nSPS) is 23.5. The van der Waals surface area contributed by atoms with Crippen molar-refractivity contribution in [3.63, 3.8) is 0 Å². The topological polar surface area (TPSA) is 70.5 Å². The third-order valence-corrected chi connectivity index (χ3v) is 8.22. The third-order valence-electron chi connectivity index (χ3n) is 8.22. The smallest absolute Gasteiger partial charge is 0.273 e. The Labute approximate surface area is 208 Å². The minimum atomic E-state index is -0.962. The highest BCUT2D eigenvalue weighted by Gasteiger charge is 2.48. The number of aromatic nitrogens is 2. The molecule has 3 heterocycles. The summed E-state index contributed by atoms with van der Waals surface area (Å²) in [6.45, 7) is 7.94. The maximum absolute atomic E-state index is 13.8. The van der Waals surface area contributed by atoms with E-state index in [1.54, 1.807) is 4.68 Å². The van der Waals surface area contributed by atoms with E-state index >= 15 is 0 Å². The van der Waals surface area contributed by atoms with E-state index < -0.39 is 5.54 Å². The molecule has 7 heteroatoms. The molecule has 2 fully saturated rings. The Bertz CT molecular complexity index is 1050. The van der Waals surface area contributed by atoms with Crippen molar-refractivity contribution in [1.82, 2.24) is 24.9 Å². The Morgan fingerprint density at radius 1 is 1.06 bits per heavy atom. The molecule has 2 aliphatic heterocycles. The van der Waals surface area contributed by atoms with Crippen LogP contribution in [0.1, 0.15) is 74.8 Å². The molecule has 1 aliphatic carbocycles. The van der Waals surface area contributed by atoms with Crippen LogP contribution in [0, 0.1) is 0 Å². The van der Waals surface area contributed by atoms with Gasteiger partial charge in [-0.05, 0) is 63.7 Å². The Hall–Kier alpha value is -2.67.